The van der Waals surface area contributed by atoms with E-state index in [2.05, 4.69) is 20.6 Å². The highest BCUT2D eigenvalue weighted by Gasteiger charge is 2.33. The molecule has 27 heavy (non-hydrogen) atoms. The number of nitrogens with zero attached hydrogens (tertiary/aromatic N) is 4. The van der Waals surface area contributed by atoms with Crippen LogP contribution in [0.15, 0.2) is 36.7 Å². The molecule has 0 aliphatic heterocycles. The molecule has 0 saturated heterocycles. The first-order valence-corrected chi connectivity index (χ1v) is 9.93. The molecule has 0 spiro atoms. The maximum atomic E-state index is 10.8. The van der Waals surface area contributed by atoms with Crippen molar-refractivity contribution in [3.63, 3.8) is 0 Å². The second kappa shape index (κ2) is 7.82. The van der Waals surface area contributed by atoms with E-state index in [1.807, 2.05) is 35.1 Å². The van der Waals surface area contributed by atoms with Gasteiger partial charge in [0.2, 0.25) is 0 Å². The van der Waals surface area contributed by atoms with Gasteiger partial charge in [-0.2, -0.15) is 0 Å². The molecule has 1 aliphatic rings. The lowest BCUT2D eigenvalue weighted by atomic mass is 9.83. The van der Waals surface area contributed by atoms with Crippen molar-refractivity contribution in [2.75, 3.05) is 11.9 Å². The summed E-state index contributed by atoms with van der Waals surface area (Å²) in [4.78, 5) is 4.36. The van der Waals surface area contributed by atoms with Gasteiger partial charge in [-0.25, -0.2) is 0 Å². The quantitative estimate of drug-likeness (QED) is 0.624. The number of aromatic nitrogens is 4. The molecule has 0 amide bonds. The minimum Gasteiger partial charge on any atom is -0.384 e. The number of aliphatic hydroxyl groups is 1. The SMILES string of the molecule is OC1(c2cn(CCCNc3ccnc4cc(Cl)ccc34)nn2)CCCCC1. The topological polar surface area (TPSA) is 75.9 Å². The molecule has 1 aromatic carbocycles. The lowest BCUT2D eigenvalue weighted by Gasteiger charge is -2.29. The molecule has 1 fully saturated rings. The molecule has 3 aromatic rings. The van der Waals surface area contributed by atoms with Crippen molar-refractivity contribution in [2.45, 2.75) is 50.7 Å². The average molecular weight is 386 g/mol. The number of rotatable bonds is 6. The van der Waals surface area contributed by atoms with Gasteiger partial charge in [-0.15, -0.1) is 5.10 Å². The maximum Gasteiger partial charge on any atom is 0.114 e. The molecule has 1 aliphatic carbocycles. The first kappa shape index (κ1) is 18.2. The predicted molar refractivity (Wildman–Crippen MR) is 107 cm³/mol. The van der Waals surface area contributed by atoms with E-state index in [-0.39, 0.29) is 0 Å². The normalized spacial score (nSPS) is 16.5. The zero-order valence-corrected chi connectivity index (χ0v) is 16.0. The van der Waals surface area contributed by atoms with Crippen LogP contribution in [0.25, 0.3) is 10.9 Å². The molecule has 0 radical (unpaired) electrons. The van der Waals surface area contributed by atoms with Crippen LogP contribution in [0.5, 0.6) is 0 Å². The van der Waals surface area contributed by atoms with Crippen LogP contribution in [-0.4, -0.2) is 31.6 Å². The van der Waals surface area contributed by atoms with E-state index in [9.17, 15) is 5.11 Å². The Hall–Kier alpha value is -2.18. The Morgan fingerprint density at radius 2 is 2.04 bits per heavy atom. The summed E-state index contributed by atoms with van der Waals surface area (Å²) in [6, 6.07) is 7.71. The van der Waals surface area contributed by atoms with Crippen LogP contribution < -0.4 is 5.32 Å². The number of anilines is 1. The molecule has 142 valence electrons. The monoisotopic (exact) mass is 385 g/mol. The largest absolute Gasteiger partial charge is 0.384 e. The van der Waals surface area contributed by atoms with Crippen molar-refractivity contribution >= 4 is 28.2 Å². The minimum atomic E-state index is -0.786. The van der Waals surface area contributed by atoms with Crippen molar-refractivity contribution in [2.24, 2.45) is 0 Å². The highest BCUT2D eigenvalue weighted by Crippen LogP contribution is 2.35. The van der Waals surface area contributed by atoms with Crippen molar-refractivity contribution in [3.05, 3.63) is 47.4 Å². The zero-order valence-electron chi connectivity index (χ0n) is 15.2. The van der Waals surface area contributed by atoms with E-state index in [4.69, 9.17) is 11.6 Å². The number of aryl methyl sites for hydroxylation is 1. The van der Waals surface area contributed by atoms with Crippen molar-refractivity contribution in [1.29, 1.82) is 0 Å². The number of hydrogen-bond donors (Lipinski definition) is 2. The summed E-state index contributed by atoms with van der Waals surface area (Å²) >= 11 is 6.04. The van der Waals surface area contributed by atoms with E-state index in [0.717, 1.165) is 61.8 Å². The second-order valence-corrected chi connectivity index (χ2v) is 7.70. The van der Waals surface area contributed by atoms with Crippen LogP contribution >= 0.6 is 11.6 Å². The highest BCUT2D eigenvalue weighted by atomic mass is 35.5. The molecule has 6 nitrogen and oxygen atoms in total. The van der Waals surface area contributed by atoms with Crippen LogP contribution in [0.4, 0.5) is 5.69 Å². The third-order valence-corrected chi connectivity index (χ3v) is 5.52. The predicted octanol–water partition coefficient (Wildman–Crippen LogP) is 4.13. The van der Waals surface area contributed by atoms with Gasteiger partial charge in [0.25, 0.3) is 0 Å². The molecule has 0 unspecified atom stereocenters. The summed E-state index contributed by atoms with van der Waals surface area (Å²) in [6.45, 7) is 1.56. The Balaban J connectivity index is 1.33. The smallest absolute Gasteiger partial charge is 0.114 e. The molecule has 0 bridgehead atoms. The van der Waals surface area contributed by atoms with E-state index in [1.165, 1.54) is 6.42 Å². The van der Waals surface area contributed by atoms with Crippen molar-refractivity contribution in [1.82, 2.24) is 20.0 Å². The van der Waals surface area contributed by atoms with E-state index < -0.39 is 5.60 Å². The number of halogens is 1. The van der Waals surface area contributed by atoms with Gasteiger partial charge in [-0.3, -0.25) is 9.67 Å². The lowest BCUT2D eigenvalue weighted by molar-refractivity contribution is -0.00474. The van der Waals surface area contributed by atoms with Crippen molar-refractivity contribution in [3.8, 4) is 0 Å². The Bertz CT molecular complexity index is 920. The van der Waals surface area contributed by atoms with E-state index in [1.54, 1.807) is 6.20 Å². The standard InChI is InChI=1S/C20H24ClN5O/c21-15-5-6-16-17(7-11-23-18(16)13-15)22-10-4-12-26-14-19(24-25-26)20(27)8-2-1-3-9-20/h5-7,11,13-14,27H,1-4,8-10,12H2,(H,22,23). The van der Waals surface area contributed by atoms with Crippen molar-refractivity contribution < 1.29 is 5.11 Å². The van der Waals surface area contributed by atoms with Crippen LogP contribution in [0.1, 0.15) is 44.2 Å². The summed E-state index contributed by atoms with van der Waals surface area (Å²) in [5, 5.41) is 24.4. The van der Waals surface area contributed by atoms with Gasteiger partial charge < -0.3 is 10.4 Å². The number of hydrogen-bond acceptors (Lipinski definition) is 5. The molecule has 0 atom stereocenters. The third kappa shape index (κ3) is 4.06. The van der Waals surface area contributed by atoms with Gasteiger partial charge in [0.15, 0.2) is 0 Å². The number of fused-ring (bicyclic) bond motifs is 1. The molecule has 1 saturated carbocycles. The third-order valence-electron chi connectivity index (χ3n) is 5.28. The summed E-state index contributed by atoms with van der Waals surface area (Å²) in [5.74, 6) is 0. The molecule has 2 heterocycles. The number of nitrogens with one attached hydrogen (secondary N) is 1. The average Bonchev–Trinajstić information content (AvgIpc) is 3.15. The Morgan fingerprint density at radius 3 is 2.89 bits per heavy atom. The molecular weight excluding hydrogens is 362 g/mol. The lowest BCUT2D eigenvalue weighted by Crippen LogP contribution is -2.28. The summed E-state index contributed by atoms with van der Waals surface area (Å²) in [5.41, 5.74) is 1.86. The fraction of sp³-hybridized carbons (Fsp3) is 0.450. The van der Waals surface area contributed by atoms with Gasteiger partial charge >= 0.3 is 0 Å². The Kier molecular flexibility index (Phi) is 5.27. The van der Waals surface area contributed by atoms with Crippen LogP contribution in [0.2, 0.25) is 5.02 Å². The molecule has 2 N–H and O–H groups in total. The second-order valence-electron chi connectivity index (χ2n) is 7.26. The van der Waals surface area contributed by atoms with Crippen LogP contribution in [0, 0.1) is 0 Å². The zero-order chi connectivity index (χ0) is 18.7. The van der Waals surface area contributed by atoms with Gasteiger partial charge in [0.05, 0.1) is 11.7 Å². The maximum absolute atomic E-state index is 10.8. The summed E-state index contributed by atoms with van der Waals surface area (Å²) in [6.07, 6.45) is 9.46. The summed E-state index contributed by atoms with van der Waals surface area (Å²) in [7, 11) is 0. The van der Waals surface area contributed by atoms with E-state index in [0.29, 0.717) is 10.7 Å². The Labute approximate surface area is 163 Å². The highest BCUT2D eigenvalue weighted by molar-refractivity contribution is 6.31. The fourth-order valence-electron chi connectivity index (χ4n) is 3.75. The molecular formula is C20H24ClN5O. The number of pyridine rings is 1. The fourth-order valence-corrected chi connectivity index (χ4v) is 3.92. The summed E-state index contributed by atoms with van der Waals surface area (Å²) < 4.78 is 1.83. The minimum absolute atomic E-state index is 0.689. The molecule has 4 rings (SSSR count). The van der Waals surface area contributed by atoms with Gasteiger partial charge in [-0.1, -0.05) is 36.1 Å². The molecule has 2 aromatic heterocycles. The van der Waals surface area contributed by atoms with Gasteiger partial charge in [-0.05, 0) is 43.5 Å². The molecule has 7 heteroatoms. The Morgan fingerprint density at radius 1 is 1.19 bits per heavy atom. The van der Waals surface area contributed by atoms with Gasteiger partial charge in [0.1, 0.15) is 11.3 Å². The number of benzene rings is 1. The van der Waals surface area contributed by atoms with E-state index >= 15 is 0 Å². The van der Waals surface area contributed by atoms with Gasteiger partial charge in [0, 0.05) is 35.4 Å². The first-order valence-electron chi connectivity index (χ1n) is 9.55. The van der Waals surface area contributed by atoms with Crippen LogP contribution in [-0.2, 0) is 12.1 Å². The first-order chi connectivity index (χ1) is 13.1. The van der Waals surface area contributed by atoms with Crippen LogP contribution in [0.3, 0.4) is 0 Å².